The van der Waals surface area contributed by atoms with Crippen LogP contribution in [0.2, 0.25) is 0 Å². The van der Waals surface area contributed by atoms with E-state index in [2.05, 4.69) is 96.9 Å². The van der Waals surface area contributed by atoms with E-state index in [1.54, 1.807) is 211 Å². The third-order valence-electron chi connectivity index (χ3n) is 20.3. The molecule has 0 saturated heterocycles. The van der Waals surface area contributed by atoms with Crippen molar-refractivity contribution in [3.8, 4) is 68.9 Å². The fourth-order valence-electron chi connectivity index (χ4n) is 14.4. The van der Waals surface area contributed by atoms with Crippen LogP contribution in [0.15, 0.2) is 272 Å². The van der Waals surface area contributed by atoms with Crippen LogP contribution in [0.4, 0.5) is 0 Å². The lowest BCUT2D eigenvalue weighted by Gasteiger charge is -2.18. The van der Waals surface area contributed by atoms with Crippen molar-refractivity contribution in [3.05, 3.63) is 365 Å². The Hall–Kier alpha value is -16.5. The maximum Gasteiger partial charge on any atom is 0.257 e. The van der Waals surface area contributed by atoms with Crippen molar-refractivity contribution in [3.63, 3.8) is 0 Å². The SMILES string of the molecule is C.Cc1nn2cccnc2c1C(=O)N[C@@H](C)c1oc2cccc(C#Cc3ccn(C)n3)c2c(=O)c1-c1ccccc1.Cc1nn2cccnc2c1C(=O)N[C@@H](C)c1oc2cccc(C#Cc3ccncc3)c2c(=O)c1-c1ccccc1.Cc1nn2cccnc2c1C(=O)N[C@@H](C)c1oc2cccc(C#Cc3cnn(C)c3C)c2c(=O)c1-c1ccccc1. The molecule has 26 nitrogen and oxygen atoms in total. The molecule has 600 valence electrons. The minimum Gasteiger partial charge on any atom is -0.458 e. The van der Waals surface area contributed by atoms with Crippen LogP contribution in [-0.2, 0) is 14.1 Å². The van der Waals surface area contributed by atoms with Crippen LogP contribution in [0.25, 0.3) is 83.2 Å². The quantitative estimate of drug-likeness (QED) is 0.0957. The summed E-state index contributed by atoms with van der Waals surface area (Å²) in [6, 6.07) is 52.5. The second kappa shape index (κ2) is 34.7. The van der Waals surface area contributed by atoms with Gasteiger partial charge in [0.05, 0.1) is 85.5 Å². The molecule has 3 atom stereocenters. The molecular formula is C96H77N17O9. The van der Waals surface area contributed by atoms with Crippen LogP contribution in [0.3, 0.4) is 0 Å². The number of fused-ring (bicyclic) bond motifs is 6. The first-order valence-corrected chi connectivity index (χ1v) is 38.5. The summed E-state index contributed by atoms with van der Waals surface area (Å²) in [5.74, 6) is 18.6. The van der Waals surface area contributed by atoms with Crippen LogP contribution in [0.5, 0.6) is 0 Å². The van der Waals surface area contributed by atoms with Gasteiger partial charge < -0.3 is 29.2 Å². The molecule has 3 amide bonds. The maximum absolute atomic E-state index is 14.2. The lowest BCUT2D eigenvalue weighted by molar-refractivity contribution is 0.0928. The van der Waals surface area contributed by atoms with E-state index < -0.39 is 18.1 Å². The number of benzene rings is 6. The molecule has 0 saturated carbocycles. The summed E-state index contributed by atoms with van der Waals surface area (Å²) >= 11 is 0. The number of carbonyl (C=O) groups is 3. The van der Waals surface area contributed by atoms with Gasteiger partial charge in [-0.1, -0.05) is 146 Å². The summed E-state index contributed by atoms with van der Waals surface area (Å²) in [6.45, 7) is 12.6. The lowest BCUT2D eigenvalue weighted by Crippen LogP contribution is -2.28. The molecule has 18 aromatic rings. The summed E-state index contributed by atoms with van der Waals surface area (Å²) in [7, 11) is 3.67. The van der Waals surface area contributed by atoms with Gasteiger partial charge in [-0.05, 0) is 144 Å². The highest BCUT2D eigenvalue weighted by Crippen LogP contribution is 2.35. The Kier molecular flexibility index (Phi) is 23.0. The predicted octanol–water partition coefficient (Wildman–Crippen LogP) is 14.9. The third-order valence-corrected chi connectivity index (χ3v) is 20.3. The zero-order chi connectivity index (χ0) is 84.1. The zero-order valence-electron chi connectivity index (χ0n) is 66.8. The van der Waals surface area contributed by atoms with Crippen LogP contribution in [0.1, 0.15) is 151 Å². The number of rotatable bonds is 12. The second-order valence-electron chi connectivity index (χ2n) is 28.4. The van der Waals surface area contributed by atoms with E-state index >= 15 is 0 Å². The molecule has 12 heterocycles. The van der Waals surface area contributed by atoms with Gasteiger partial charge in [0.25, 0.3) is 17.7 Å². The molecule has 12 aromatic heterocycles. The fourth-order valence-corrected chi connectivity index (χ4v) is 14.4. The van der Waals surface area contributed by atoms with E-state index in [0.717, 1.165) is 16.8 Å². The highest BCUT2D eigenvalue weighted by atomic mass is 16.3. The number of hydrogen-bond donors (Lipinski definition) is 3. The summed E-state index contributed by atoms with van der Waals surface area (Å²) in [6.07, 6.45) is 16.9. The third kappa shape index (κ3) is 16.1. The fraction of sp³-hybridized carbons (Fsp3) is 0.135. The van der Waals surface area contributed by atoms with Gasteiger partial charge in [-0.3, -0.25) is 43.1 Å². The number of amides is 3. The van der Waals surface area contributed by atoms with E-state index in [4.69, 9.17) is 13.3 Å². The first-order valence-electron chi connectivity index (χ1n) is 38.5. The standard InChI is InChI=1S/C32H26N6O3.C32H23N5O3.C31H24N6O3.CH4/c1-19-26(31-33-16-9-17-38(31)36-19)32(40)35-20(2)30-28(22-10-6-5-7-11-22)29(39)27-23(12-8-13-25(27)41-30)14-15-24-18-34-37(4)21(24)3;1-20-26(31-34-16-7-19-37(31)36-20)32(39)35-21(2)30-28(23-8-4-3-5-9-23)29(38)27-24(10-6-11-25(27)40-30)13-12-22-14-17-33-18-15-22;1-19-25(30-32-16-8-17-37(30)34-19)31(39)33-20(2)29-27(21-9-5-4-6-10-21)28(38)26-22(11-7-12-24(26)40-29)13-14-23-15-18-36(3)35-23;/h5-13,16-18,20H,1-4H3,(H,35,40);3-11,14-19,21H,1-2H3,(H,35,39);4-12,15-18,20H,1-3H3,(H,33,39);1H4/t20-;21-;20-;/m000./s1. The molecule has 18 rings (SSSR count). The van der Waals surface area contributed by atoms with Gasteiger partial charge in [-0.15, -0.1) is 0 Å². The van der Waals surface area contributed by atoms with Crippen molar-refractivity contribution >= 4 is 67.6 Å². The Morgan fingerprint density at radius 3 is 1.08 bits per heavy atom. The Labute approximate surface area is 697 Å². The highest BCUT2D eigenvalue weighted by molar-refractivity contribution is 6.03. The van der Waals surface area contributed by atoms with E-state index in [1.807, 2.05) is 118 Å². The van der Waals surface area contributed by atoms with E-state index in [-0.39, 0.29) is 41.4 Å². The first-order chi connectivity index (χ1) is 58.7. The molecular weight excluding hydrogens is 1540 g/mol. The van der Waals surface area contributed by atoms with Crippen molar-refractivity contribution in [1.29, 1.82) is 0 Å². The monoisotopic (exact) mass is 1610 g/mol. The van der Waals surface area contributed by atoms with Gasteiger partial charge in [0.1, 0.15) is 56.4 Å². The molecule has 6 aromatic carbocycles. The first kappa shape index (κ1) is 80.6. The Balaban J connectivity index is 0.000000142. The molecule has 0 aliphatic heterocycles. The molecule has 0 spiro atoms. The van der Waals surface area contributed by atoms with Crippen LogP contribution in [-0.4, -0.2) is 86.1 Å². The van der Waals surface area contributed by atoms with Crippen LogP contribution < -0.4 is 32.2 Å². The molecule has 122 heavy (non-hydrogen) atoms. The minimum absolute atomic E-state index is 0. The van der Waals surface area contributed by atoms with E-state index in [0.29, 0.717) is 157 Å². The van der Waals surface area contributed by atoms with Gasteiger partial charge in [-0.25, -0.2) is 28.5 Å². The number of nitrogens with one attached hydrogen (secondary N) is 3. The molecule has 0 bridgehead atoms. The number of aryl methyl sites for hydroxylation is 5. The summed E-state index contributed by atoms with van der Waals surface area (Å²) < 4.78 is 27.3. The van der Waals surface area contributed by atoms with Crippen molar-refractivity contribution < 1.29 is 27.6 Å². The van der Waals surface area contributed by atoms with Gasteiger partial charge in [-0.2, -0.15) is 25.5 Å². The normalized spacial score (nSPS) is 11.6. The molecule has 3 N–H and O–H groups in total. The minimum atomic E-state index is -0.652. The second-order valence-corrected chi connectivity index (χ2v) is 28.4. The smallest absolute Gasteiger partial charge is 0.257 e. The van der Waals surface area contributed by atoms with Gasteiger partial charge in [0, 0.05) is 92.1 Å². The topological polar surface area (TPSA) is 317 Å². The molecule has 0 aliphatic rings. The van der Waals surface area contributed by atoms with Gasteiger partial charge in [0.2, 0.25) is 16.3 Å². The number of hydrogen-bond acceptors (Lipinski definition) is 18. The number of pyridine rings is 1. The molecule has 0 aliphatic carbocycles. The largest absolute Gasteiger partial charge is 0.458 e. The molecule has 0 fully saturated rings. The zero-order valence-corrected chi connectivity index (χ0v) is 66.8. The van der Waals surface area contributed by atoms with Crippen LogP contribution >= 0.6 is 0 Å². The average Bonchev–Trinajstić information content (AvgIpc) is 1.50. The average molecular weight is 1610 g/mol. The maximum atomic E-state index is 14.2. The van der Waals surface area contributed by atoms with Crippen molar-refractivity contribution in [1.82, 2.24) is 84.3 Å². The van der Waals surface area contributed by atoms with Gasteiger partial charge in [0.15, 0.2) is 16.9 Å². The summed E-state index contributed by atoms with van der Waals surface area (Å²) in [4.78, 5) is 99.9. The van der Waals surface area contributed by atoms with Crippen molar-refractivity contribution in [2.45, 2.75) is 74.0 Å². The van der Waals surface area contributed by atoms with Crippen LogP contribution in [0, 0.1) is 63.2 Å². The molecule has 26 heteroatoms. The predicted molar refractivity (Wildman–Crippen MR) is 465 cm³/mol. The van der Waals surface area contributed by atoms with Crippen molar-refractivity contribution in [2.75, 3.05) is 0 Å². The Morgan fingerprint density at radius 1 is 0.385 bits per heavy atom. The Bertz CT molecular complexity index is 7510. The van der Waals surface area contributed by atoms with E-state index in [1.165, 1.54) is 0 Å². The lowest BCUT2D eigenvalue weighted by atomic mass is 9.97. The number of nitrogens with zero attached hydrogens (tertiary/aromatic N) is 14. The highest BCUT2D eigenvalue weighted by Gasteiger charge is 2.31. The summed E-state index contributed by atoms with van der Waals surface area (Å²) in [5, 5.41) is 31.8. The summed E-state index contributed by atoms with van der Waals surface area (Å²) in [5.41, 5.74) is 12.4. The number of carbonyl (C=O) groups excluding carboxylic acids is 3. The Morgan fingerprint density at radius 2 is 0.738 bits per heavy atom. The van der Waals surface area contributed by atoms with Gasteiger partial charge >= 0.3 is 0 Å². The van der Waals surface area contributed by atoms with E-state index in [9.17, 15) is 28.8 Å². The molecule has 0 unspecified atom stereocenters. The molecule has 0 radical (unpaired) electrons. The van der Waals surface area contributed by atoms with Crippen molar-refractivity contribution in [2.24, 2.45) is 14.1 Å². The number of aromatic nitrogens is 14.